The van der Waals surface area contributed by atoms with E-state index in [-0.39, 0.29) is 15.9 Å². The summed E-state index contributed by atoms with van der Waals surface area (Å²) in [6, 6.07) is 11.2. The van der Waals surface area contributed by atoms with Gasteiger partial charge in [0, 0.05) is 10.6 Å². The van der Waals surface area contributed by atoms with Crippen LogP contribution in [0.15, 0.2) is 47.4 Å². The number of anilines is 1. The van der Waals surface area contributed by atoms with Crippen LogP contribution in [0.5, 0.6) is 5.75 Å². The summed E-state index contributed by atoms with van der Waals surface area (Å²) in [6.07, 6.45) is 1.66. The number of ether oxygens (including phenoxy) is 1. The first-order valence-corrected chi connectivity index (χ1v) is 9.06. The number of halogens is 2. The fraction of sp³-hybridized carbons (Fsp3) is 0.111. The fourth-order valence-electron chi connectivity index (χ4n) is 2.37. The molecule has 7 heteroatoms. The van der Waals surface area contributed by atoms with Gasteiger partial charge in [-0.3, -0.25) is 9.69 Å². The Kier molecular flexibility index (Phi) is 5.42. The predicted molar refractivity (Wildman–Crippen MR) is 105 cm³/mol. The number of hydrogen-bond acceptors (Lipinski definition) is 4. The number of carbonyl (C=O) groups excluding carboxylic acids is 1. The molecule has 0 bridgehead atoms. The highest BCUT2D eigenvalue weighted by atomic mass is 35.5. The maximum absolute atomic E-state index is 14.0. The molecule has 3 nitrogen and oxygen atoms in total. The number of para-hydroxylation sites is 1. The van der Waals surface area contributed by atoms with Crippen LogP contribution < -0.4 is 9.64 Å². The topological polar surface area (TPSA) is 29.5 Å². The van der Waals surface area contributed by atoms with Gasteiger partial charge < -0.3 is 4.74 Å². The van der Waals surface area contributed by atoms with Gasteiger partial charge in [-0.2, -0.15) is 0 Å². The molecule has 1 heterocycles. The third-order valence-electron chi connectivity index (χ3n) is 3.45. The van der Waals surface area contributed by atoms with E-state index in [2.05, 4.69) is 0 Å². The van der Waals surface area contributed by atoms with Crippen molar-refractivity contribution >= 4 is 57.6 Å². The Bertz CT molecular complexity index is 885. The van der Waals surface area contributed by atoms with Crippen LogP contribution in [0.25, 0.3) is 6.08 Å². The molecule has 0 unspecified atom stereocenters. The van der Waals surface area contributed by atoms with E-state index in [4.69, 9.17) is 28.6 Å². The van der Waals surface area contributed by atoms with E-state index in [1.807, 2.05) is 6.92 Å². The molecule has 1 saturated heterocycles. The second kappa shape index (κ2) is 7.56. The van der Waals surface area contributed by atoms with Gasteiger partial charge in [-0.25, -0.2) is 4.39 Å². The van der Waals surface area contributed by atoms with Crippen LogP contribution in [0, 0.1) is 5.82 Å². The van der Waals surface area contributed by atoms with Gasteiger partial charge in [-0.15, -0.1) is 0 Å². The molecule has 2 aromatic rings. The van der Waals surface area contributed by atoms with Crippen molar-refractivity contribution in [2.45, 2.75) is 6.92 Å². The van der Waals surface area contributed by atoms with E-state index in [1.165, 1.54) is 17.0 Å². The number of benzene rings is 2. The predicted octanol–water partition coefficient (Wildman–Crippen LogP) is 5.28. The lowest BCUT2D eigenvalue weighted by molar-refractivity contribution is -0.113. The molecule has 0 aromatic heterocycles. The zero-order valence-corrected chi connectivity index (χ0v) is 15.6. The van der Waals surface area contributed by atoms with Crippen molar-refractivity contribution in [2.75, 3.05) is 11.5 Å². The summed E-state index contributed by atoms with van der Waals surface area (Å²) in [5.41, 5.74) is 0.813. The van der Waals surface area contributed by atoms with E-state index in [9.17, 15) is 9.18 Å². The highest BCUT2D eigenvalue weighted by Crippen LogP contribution is 2.38. The van der Waals surface area contributed by atoms with E-state index in [1.54, 1.807) is 36.4 Å². The van der Waals surface area contributed by atoms with Crippen LogP contribution in [-0.4, -0.2) is 16.8 Å². The first-order valence-electron chi connectivity index (χ1n) is 7.46. The molecule has 0 saturated carbocycles. The Morgan fingerprint density at radius 3 is 2.80 bits per heavy atom. The Balaban J connectivity index is 1.99. The average Bonchev–Trinajstić information content (AvgIpc) is 2.85. The maximum atomic E-state index is 14.0. The summed E-state index contributed by atoms with van der Waals surface area (Å²) in [7, 11) is 0. The van der Waals surface area contributed by atoms with E-state index in [0.717, 1.165) is 11.8 Å². The molecule has 0 spiro atoms. The van der Waals surface area contributed by atoms with Crippen molar-refractivity contribution in [3.63, 3.8) is 0 Å². The Labute approximate surface area is 159 Å². The zero-order chi connectivity index (χ0) is 18.0. The number of thiocarbonyl (C=S) groups is 1. The minimum absolute atomic E-state index is 0.143. The SMILES string of the molecule is CCOc1ccc(Cl)cc1C=C1SC(=S)N(c2ccccc2F)C1=O. The number of thioether (sulfide) groups is 1. The molecule has 25 heavy (non-hydrogen) atoms. The second-order valence-corrected chi connectivity index (χ2v) is 7.20. The van der Waals surface area contributed by atoms with Gasteiger partial charge in [0.1, 0.15) is 11.6 Å². The normalized spacial score (nSPS) is 16.0. The minimum atomic E-state index is -0.502. The lowest BCUT2D eigenvalue weighted by Crippen LogP contribution is -2.28. The van der Waals surface area contributed by atoms with E-state index in [0.29, 0.717) is 27.8 Å². The highest BCUT2D eigenvalue weighted by Gasteiger charge is 2.34. The third kappa shape index (κ3) is 3.71. The number of nitrogens with zero attached hydrogens (tertiary/aromatic N) is 1. The highest BCUT2D eigenvalue weighted by molar-refractivity contribution is 8.27. The summed E-state index contributed by atoms with van der Waals surface area (Å²) in [5.74, 6) is -0.261. The summed E-state index contributed by atoms with van der Waals surface area (Å²) in [4.78, 5) is 14.3. The Hall–Kier alpha value is -1.89. The molecule has 0 radical (unpaired) electrons. The fourth-order valence-corrected chi connectivity index (χ4v) is 3.83. The van der Waals surface area contributed by atoms with Gasteiger partial charge in [0.15, 0.2) is 4.32 Å². The number of hydrogen-bond donors (Lipinski definition) is 0. The first-order chi connectivity index (χ1) is 12.0. The quantitative estimate of drug-likeness (QED) is 0.522. The van der Waals surface area contributed by atoms with Gasteiger partial charge in [-0.05, 0) is 43.3 Å². The van der Waals surface area contributed by atoms with Crippen molar-refractivity contribution in [2.24, 2.45) is 0 Å². The summed E-state index contributed by atoms with van der Waals surface area (Å²) < 4.78 is 19.9. The van der Waals surface area contributed by atoms with Gasteiger partial charge in [0.2, 0.25) is 0 Å². The zero-order valence-electron chi connectivity index (χ0n) is 13.2. The van der Waals surface area contributed by atoms with Crippen LogP contribution in [0.3, 0.4) is 0 Å². The molecule has 0 atom stereocenters. The lowest BCUT2D eigenvalue weighted by atomic mass is 10.1. The summed E-state index contributed by atoms with van der Waals surface area (Å²) >= 11 is 12.4. The molecule has 1 aliphatic heterocycles. The van der Waals surface area contributed by atoms with Gasteiger partial charge in [0.05, 0.1) is 17.2 Å². The Morgan fingerprint density at radius 2 is 2.08 bits per heavy atom. The average molecular weight is 394 g/mol. The van der Waals surface area contributed by atoms with Crippen LogP contribution in [-0.2, 0) is 4.79 Å². The largest absolute Gasteiger partial charge is 0.493 e. The van der Waals surface area contributed by atoms with Crippen LogP contribution in [0.2, 0.25) is 5.02 Å². The van der Waals surface area contributed by atoms with Crippen molar-refractivity contribution in [1.29, 1.82) is 0 Å². The number of rotatable bonds is 4. The molecule has 1 aliphatic rings. The van der Waals surface area contributed by atoms with Gasteiger partial charge in [-0.1, -0.05) is 47.7 Å². The number of amides is 1. The van der Waals surface area contributed by atoms with Gasteiger partial charge >= 0.3 is 0 Å². The third-order valence-corrected chi connectivity index (χ3v) is 4.98. The van der Waals surface area contributed by atoms with Crippen molar-refractivity contribution in [1.82, 2.24) is 0 Å². The molecule has 128 valence electrons. The van der Waals surface area contributed by atoms with Crippen molar-refractivity contribution in [3.8, 4) is 5.75 Å². The summed E-state index contributed by atoms with van der Waals surface area (Å²) in [6.45, 7) is 2.36. The lowest BCUT2D eigenvalue weighted by Gasteiger charge is -2.15. The molecule has 2 aromatic carbocycles. The summed E-state index contributed by atoms with van der Waals surface area (Å²) in [5, 5.41) is 0.527. The molecular weight excluding hydrogens is 381 g/mol. The molecule has 3 rings (SSSR count). The van der Waals surface area contributed by atoms with Crippen LogP contribution in [0.1, 0.15) is 12.5 Å². The number of carbonyl (C=O) groups is 1. The van der Waals surface area contributed by atoms with Gasteiger partial charge in [0.25, 0.3) is 5.91 Å². The maximum Gasteiger partial charge on any atom is 0.270 e. The van der Waals surface area contributed by atoms with Crippen molar-refractivity contribution in [3.05, 3.63) is 63.8 Å². The van der Waals surface area contributed by atoms with Crippen LogP contribution >= 0.6 is 35.6 Å². The molecule has 0 aliphatic carbocycles. The van der Waals surface area contributed by atoms with E-state index >= 15 is 0 Å². The minimum Gasteiger partial charge on any atom is -0.493 e. The van der Waals surface area contributed by atoms with Crippen LogP contribution in [0.4, 0.5) is 10.1 Å². The first kappa shape index (κ1) is 17.9. The molecule has 0 N–H and O–H groups in total. The smallest absolute Gasteiger partial charge is 0.270 e. The van der Waals surface area contributed by atoms with E-state index < -0.39 is 5.82 Å². The monoisotopic (exact) mass is 393 g/mol. The molecule has 1 amide bonds. The Morgan fingerprint density at radius 1 is 1.32 bits per heavy atom. The second-order valence-electron chi connectivity index (χ2n) is 5.08. The molecular formula is C18H13ClFNO2S2. The van der Waals surface area contributed by atoms with Crippen molar-refractivity contribution < 1.29 is 13.9 Å². The molecule has 1 fully saturated rings. The standard InChI is InChI=1S/C18H13ClFNO2S2/c1-2-23-15-8-7-12(19)9-11(15)10-16-17(22)21(18(24)25-16)14-6-4-3-5-13(14)20/h3-10H,2H2,1H3.